The van der Waals surface area contributed by atoms with Crippen molar-refractivity contribution in [3.63, 3.8) is 0 Å². The van der Waals surface area contributed by atoms with Gasteiger partial charge in [0, 0.05) is 62.6 Å². The molecule has 12 heteroatoms. The van der Waals surface area contributed by atoms with Gasteiger partial charge in [-0.2, -0.15) is 18.3 Å². The Balaban J connectivity index is 0.840. The highest BCUT2D eigenvalue weighted by Crippen LogP contribution is 2.54. The zero-order chi connectivity index (χ0) is 24.0. The third kappa shape index (κ3) is 3.68. The zero-order valence-electron chi connectivity index (χ0n) is 19.3. The summed E-state index contributed by atoms with van der Waals surface area (Å²) in [5, 5.41) is 4.66. The van der Waals surface area contributed by atoms with Gasteiger partial charge < -0.3 is 9.80 Å². The van der Waals surface area contributed by atoms with Crippen LogP contribution < -0.4 is 0 Å². The monoisotopic (exact) mass is 488 g/mol. The van der Waals surface area contributed by atoms with Gasteiger partial charge in [-0.05, 0) is 25.7 Å². The number of carbonyl (C=O) groups is 1. The van der Waals surface area contributed by atoms with E-state index in [1.54, 1.807) is 0 Å². The smallest absolute Gasteiger partial charge is 0.323 e. The van der Waals surface area contributed by atoms with E-state index in [0.717, 1.165) is 64.1 Å². The maximum atomic E-state index is 12.9. The number of carbonyl (C=O) groups excluding carboxylic acids is 1. The summed E-state index contributed by atoms with van der Waals surface area (Å²) in [5.41, 5.74) is -0.0732. The summed E-state index contributed by atoms with van der Waals surface area (Å²) < 4.78 is 39.9. The van der Waals surface area contributed by atoms with Gasteiger partial charge in [0.05, 0.1) is 24.1 Å². The third-order valence-electron chi connectivity index (χ3n) is 8.33. The quantitative estimate of drug-likeness (QED) is 0.658. The average molecular weight is 489 g/mol. The van der Waals surface area contributed by atoms with Gasteiger partial charge in [0.1, 0.15) is 6.33 Å². The molecule has 2 spiro atoms. The second kappa shape index (κ2) is 7.14. The van der Waals surface area contributed by atoms with Crippen molar-refractivity contribution in [2.45, 2.75) is 50.4 Å². The van der Waals surface area contributed by atoms with Gasteiger partial charge in [0.2, 0.25) is 0 Å². The molecule has 3 saturated heterocycles. The van der Waals surface area contributed by atoms with Crippen molar-refractivity contribution >= 4 is 6.03 Å². The third-order valence-corrected chi connectivity index (χ3v) is 8.33. The fourth-order valence-corrected chi connectivity index (χ4v) is 6.40. The Labute approximate surface area is 200 Å². The summed E-state index contributed by atoms with van der Waals surface area (Å²) in [5.74, 6) is 1.56. The van der Waals surface area contributed by atoms with Gasteiger partial charge in [-0.1, -0.05) is 0 Å². The molecular weight excluding hydrogens is 461 g/mol. The highest BCUT2D eigenvalue weighted by molar-refractivity contribution is 5.77. The number of amides is 2. The van der Waals surface area contributed by atoms with Crippen molar-refractivity contribution in [3.05, 3.63) is 35.9 Å². The lowest BCUT2D eigenvalue weighted by atomic mass is 9.60. The Hall–Kier alpha value is -2.76. The first-order chi connectivity index (χ1) is 16.7. The molecule has 0 bridgehead atoms. The van der Waals surface area contributed by atoms with Gasteiger partial charge in [0.25, 0.3) is 0 Å². The minimum Gasteiger partial charge on any atom is -0.323 e. The maximum absolute atomic E-state index is 12.9. The van der Waals surface area contributed by atoms with E-state index in [-0.39, 0.29) is 16.9 Å². The first-order valence-electron chi connectivity index (χ1n) is 12.2. The van der Waals surface area contributed by atoms with Crippen LogP contribution in [0.2, 0.25) is 0 Å². The number of urea groups is 1. The minimum atomic E-state index is -4.47. The van der Waals surface area contributed by atoms with Gasteiger partial charge in [0.15, 0.2) is 11.5 Å². The van der Waals surface area contributed by atoms with Crippen molar-refractivity contribution in [2.75, 3.05) is 39.3 Å². The minimum absolute atomic E-state index is 0.117. The molecule has 0 radical (unpaired) electrons. The van der Waals surface area contributed by atoms with E-state index in [1.165, 1.54) is 19.0 Å². The number of hydrogen-bond donors (Lipinski definition) is 0. The van der Waals surface area contributed by atoms with E-state index in [4.69, 9.17) is 0 Å². The lowest BCUT2D eigenvalue weighted by Gasteiger charge is -2.63. The molecular formula is C23H27F3N8O. The molecule has 3 aliphatic heterocycles. The largest absolute Gasteiger partial charge is 0.434 e. The summed E-state index contributed by atoms with van der Waals surface area (Å²) >= 11 is 0. The second-order valence-electron chi connectivity index (χ2n) is 11.4. The molecule has 5 heterocycles. The summed E-state index contributed by atoms with van der Waals surface area (Å²) in [6.45, 7) is 5.28. The van der Waals surface area contributed by atoms with Crippen LogP contribution in [0.25, 0.3) is 0 Å². The summed E-state index contributed by atoms with van der Waals surface area (Å²) in [6, 6.07) is 0.545. The first-order valence-corrected chi connectivity index (χ1v) is 12.2. The van der Waals surface area contributed by atoms with Crippen molar-refractivity contribution in [2.24, 2.45) is 10.8 Å². The predicted octanol–water partition coefficient (Wildman–Crippen LogP) is 2.54. The number of hydrogen-bond acceptors (Lipinski definition) is 6. The fourth-order valence-electron chi connectivity index (χ4n) is 6.40. The summed E-state index contributed by atoms with van der Waals surface area (Å²) in [4.78, 5) is 30.8. The lowest BCUT2D eigenvalue weighted by Crippen LogP contribution is -2.75. The Bertz CT molecular complexity index is 1130. The molecule has 0 N–H and O–H groups in total. The van der Waals surface area contributed by atoms with Crippen LogP contribution in [-0.4, -0.2) is 84.7 Å². The molecule has 0 unspecified atom stereocenters. The molecule has 0 atom stereocenters. The van der Waals surface area contributed by atoms with Gasteiger partial charge in [-0.25, -0.2) is 19.4 Å². The van der Waals surface area contributed by atoms with Crippen LogP contribution in [0.5, 0.6) is 0 Å². The number of halogens is 3. The predicted molar refractivity (Wildman–Crippen MR) is 116 cm³/mol. The first kappa shape index (κ1) is 21.5. The molecule has 7 rings (SSSR count). The lowest BCUT2D eigenvalue weighted by molar-refractivity contribution is -0.141. The molecule has 0 aromatic carbocycles. The normalized spacial score (nSPS) is 25.2. The number of alkyl halides is 3. The van der Waals surface area contributed by atoms with Crippen molar-refractivity contribution < 1.29 is 18.0 Å². The SMILES string of the molecule is O=C(N1CC2(CC(n3cnc(C4CC4)n3)C2)C1)N1CC2(CN(Cc3cnc(C(F)(F)F)cn3)C2)C1. The van der Waals surface area contributed by atoms with Crippen LogP contribution in [0.1, 0.15) is 54.9 Å². The van der Waals surface area contributed by atoms with Crippen LogP contribution in [0, 0.1) is 10.8 Å². The molecule has 5 fully saturated rings. The van der Waals surface area contributed by atoms with Crippen LogP contribution in [-0.2, 0) is 12.7 Å². The zero-order valence-corrected chi connectivity index (χ0v) is 19.3. The van der Waals surface area contributed by atoms with E-state index in [1.807, 2.05) is 20.8 Å². The molecule has 35 heavy (non-hydrogen) atoms. The van der Waals surface area contributed by atoms with E-state index >= 15 is 0 Å². The van der Waals surface area contributed by atoms with E-state index in [2.05, 4.69) is 25.0 Å². The van der Waals surface area contributed by atoms with Crippen LogP contribution in [0.4, 0.5) is 18.0 Å². The van der Waals surface area contributed by atoms with Gasteiger partial charge >= 0.3 is 12.2 Å². The number of rotatable bonds is 4. The van der Waals surface area contributed by atoms with Crippen molar-refractivity contribution in [1.29, 1.82) is 0 Å². The molecule has 2 aromatic heterocycles. The Morgan fingerprint density at radius 1 is 0.943 bits per heavy atom. The van der Waals surface area contributed by atoms with E-state index in [9.17, 15) is 18.0 Å². The highest BCUT2D eigenvalue weighted by Gasteiger charge is 2.58. The van der Waals surface area contributed by atoms with E-state index < -0.39 is 11.9 Å². The van der Waals surface area contributed by atoms with Gasteiger partial charge in [-0.15, -0.1) is 0 Å². The molecule has 2 aliphatic carbocycles. The van der Waals surface area contributed by atoms with Crippen molar-refractivity contribution in [1.82, 2.24) is 39.4 Å². The molecule has 186 valence electrons. The summed E-state index contributed by atoms with van der Waals surface area (Å²) in [7, 11) is 0. The molecule has 2 amide bonds. The second-order valence-corrected chi connectivity index (χ2v) is 11.4. The van der Waals surface area contributed by atoms with E-state index in [0.29, 0.717) is 24.2 Å². The Kier molecular flexibility index (Phi) is 4.39. The van der Waals surface area contributed by atoms with Crippen LogP contribution >= 0.6 is 0 Å². The molecule has 5 aliphatic rings. The standard InChI is InChI=1S/C23H27F3N8O/c24-23(25,26)18-6-27-16(5-28-18)7-31-8-22(9-31)12-33(13-22)20(35)32-10-21(11-32)3-17(4-21)34-14-29-19(30-34)15-1-2-15/h5-6,14-15,17H,1-4,7-13H2. The Morgan fingerprint density at radius 3 is 2.23 bits per heavy atom. The number of aromatic nitrogens is 5. The molecule has 9 nitrogen and oxygen atoms in total. The highest BCUT2D eigenvalue weighted by atomic mass is 19.4. The Morgan fingerprint density at radius 2 is 1.63 bits per heavy atom. The average Bonchev–Trinajstić information content (AvgIpc) is 3.44. The number of likely N-dealkylation sites (tertiary alicyclic amines) is 3. The van der Waals surface area contributed by atoms with Gasteiger partial charge in [-0.3, -0.25) is 9.88 Å². The number of nitrogens with zero attached hydrogens (tertiary/aromatic N) is 8. The van der Waals surface area contributed by atoms with Crippen LogP contribution in [0.15, 0.2) is 18.7 Å². The van der Waals surface area contributed by atoms with Crippen molar-refractivity contribution in [3.8, 4) is 0 Å². The molecule has 2 saturated carbocycles. The topological polar surface area (TPSA) is 83.3 Å². The molecule has 2 aromatic rings. The summed E-state index contributed by atoms with van der Waals surface area (Å²) in [6.07, 6.45) is 3.94. The van der Waals surface area contributed by atoms with Crippen LogP contribution in [0.3, 0.4) is 0 Å². The fraction of sp³-hybridized carbons (Fsp3) is 0.696. The maximum Gasteiger partial charge on any atom is 0.434 e.